The molecule has 0 bridgehead atoms. The summed E-state index contributed by atoms with van der Waals surface area (Å²) in [7, 11) is 1.62. The molecule has 158 valence electrons. The standard InChI is InChI=1S/C26H18ClFN2OS/c1-31-19-12-10-18(11-13-19)25-14-20(17-6-3-2-4-7-17)21(15-29)26(30-25)32-16-22-23(27)8-5-9-24(22)28/h2-14H,16H2,1H3. The van der Waals surface area contributed by atoms with Crippen molar-refractivity contribution in [1.29, 1.82) is 5.26 Å². The van der Waals surface area contributed by atoms with Gasteiger partial charge in [-0.25, -0.2) is 9.37 Å². The highest BCUT2D eigenvalue weighted by Crippen LogP contribution is 2.36. The molecule has 0 radical (unpaired) electrons. The van der Waals surface area contributed by atoms with Gasteiger partial charge in [0.25, 0.3) is 0 Å². The second-order valence-corrected chi connectivity index (χ2v) is 8.30. The van der Waals surface area contributed by atoms with Gasteiger partial charge in [-0.2, -0.15) is 5.26 Å². The predicted molar refractivity (Wildman–Crippen MR) is 127 cm³/mol. The molecule has 1 heterocycles. The molecular formula is C26H18ClFN2OS. The SMILES string of the molecule is COc1ccc(-c2cc(-c3ccccc3)c(C#N)c(SCc3c(F)cccc3Cl)n2)cc1. The van der Waals surface area contributed by atoms with Crippen LogP contribution in [0.15, 0.2) is 83.9 Å². The molecular weight excluding hydrogens is 443 g/mol. The van der Waals surface area contributed by atoms with Crippen LogP contribution >= 0.6 is 23.4 Å². The molecule has 3 nitrogen and oxygen atoms in total. The Bertz CT molecular complexity index is 1270. The van der Waals surface area contributed by atoms with Gasteiger partial charge in [0.1, 0.15) is 22.7 Å². The van der Waals surface area contributed by atoms with Crippen molar-refractivity contribution in [3.63, 3.8) is 0 Å². The fraction of sp³-hybridized carbons (Fsp3) is 0.0769. The predicted octanol–water partition coefficient (Wildman–Crippen LogP) is 7.38. The minimum Gasteiger partial charge on any atom is -0.497 e. The van der Waals surface area contributed by atoms with Crippen molar-refractivity contribution in [2.75, 3.05) is 7.11 Å². The molecule has 4 aromatic rings. The van der Waals surface area contributed by atoms with Crippen LogP contribution < -0.4 is 4.74 Å². The second-order valence-electron chi connectivity index (χ2n) is 6.93. The molecule has 0 saturated carbocycles. The number of benzene rings is 3. The molecule has 0 amide bonds. The minimum absolute atomic E-state index is 0.257. The zero-order valence-corrected chi connectivity index (χ0v) is 18.8. The van der Waals surface area contributed by atoms with Gasteiger partial charge >= 0.3 is 0 Å². The van der Waals surface area contributed by atoms with E-state index in [4.69, 9.17) is 21.3 Å². The third kappa shape index (κ3) is 4.62. The molecule has 32 heavy (non-hydrogen) atoms. The summed E-state index contributed by atoms with van der Waals surface area (Å²) in [4.78, 5) is 4.76. The van der Waals surface area contributed by atoms with Gasteiger partial charge in [-0.3, -0.25) is 0 Å². The zero-order valence-electron chi connectivity index (χ0n) is 17.2. The van der Waals surface area contributed by atoms with Gasteiger partial charge < -0.3 is 4.74 Å². The third-order valence-electron chi connectivity index (χ3n) is 4.98. The van der Waals surface area contributed by atoms with Crippen LogP contribution in [0, 0.1) is 17.1 Å². The normalized spacial score (nSPS) is 10.6. The monoisotopic (exact) mass is 460 g/mol. The van der Waals surface area contributed by atoms with Gasteiger partial charge in [-0.15, -0.1) is 11.8 Å². The lowest BCUT2D eigenvalue weighted by Crippen LogP contribution is -1.97. The molecule has 0 fully saturated rings. The van der Waals surface area contributed by atoms with Crippen LogP contribution in [-0.4, -0.2) is 12.1 Å². The number of methoxy groups -OCH3 is 1. The van der Waals surface area contributed by atoms with Gasteiger partial charge in [0.2, 0.25) is 0 Å². The quantitative estimate of drug-likeness (QED) is 0.281. The van der Waals surface area contributed by atoms with E-state index in [0.717, 1.165) is 22.4 Å². The maximum absolute atomic E-state index is 14.3. The molecule has 0 spiro atoms. The van der Waals surface area contributed by atoms with Gasteiger partial charge in [0.15, 0.2) is 0 Å². The van der Waals surface area contributed by atoms with Crippen molar-refractivity contribution < 1.29 is 9.13 Å². The molecule has 6 heteroatoms. The Hall–Kier alpha value is -3.33. The van der Waals surface area contributed by atoms with Crippen LogP contribution in [-0.2, 0) is 5.75 Å². The summed E-state index contributed by atoms with van der Waals surface area (Å²) in [6.45, 7) is 0. The van der Waals surface area contributed by atoms with Crippen LogP contribution in [0.2, 0.25) is 5.02 Å². The number of hydrogen-bond acceptors (Lipinski definition) is 4. The number of rotatable bonds is 6. The van der Waals surface area contributed by atoms with E-state index in [1.165, 1.54) is 17.8 Å². The first-order chi connectivity index (χ1) is 15.6. The average Bonchev–Trinajstić information content (AvgIpc) is 2.83. The smallest absolute Gasteiger partial charge is 0.128 e. The Morgan fingerprint density at radius 2 is 1.75 bits per heavy atom. The van der Waals surface area contributed by atoms with Crippen molar-refractivity contribution in [3.8, 4) is 34.2 Å². The van der Waals surface area contributed by atoms with E-state index in [0.29, 0.717) is 26.9 Å². The zero-order chi connectivity index (χ0) is 22.5. The van der Waals surface area contributed by atoms with Crippen molar-refractivity contribution in [2.24, 2.45) is 0 Å². The highest BCUT2D eigenvalue weighted by Gasteiger charge is 2.17. The summed E-state index contributed by atoms with van der Waals surface area (Å²) in [5.74, 6) is 0.626. The van der Waals surface area contributed by atoms with Crippen LogP contribution in [0.4, 0.5) is 4.39 Å². The number of halogens is 2. The van der Waals surface area contributed by atoms with E-state index in [-0.39, 0.29) is 11.6 Å². The average molecular weight is 461 g/mol. The van der Waals surface area contributed by atoms with Crippen molar-refractivity contribution in [1.82, 2.24) is 4.98 Å². The summed E-state index contributed by atoms with van der Waals surface area (Å²) >= 11 is 7.50. The number of hydrogen-bond donors (Lipinski definition) is 0. The first-order valence-corrected chi connectivity index (χ1v) is 11.2. The molecule has 3 aromatic carbocycles. The van der Waals surface area contributed by atoms with Gasteiger partial charge in [0.05, 0.1) is 18.4 Å². The molecule has 4 rings (SSSR count). The first-order valence-electron chi connectivity index (χ1n) is 9.81. The van der Waals surface area contributed by atoms with Crippen LogP contribution in [0.3, 0.4) is 0 Å². The molecule has 0 N–H and O–H groups in total. The summed E-state index contributed by atoms with van der Waals surface area (Å²) in [6, 6.07) is 26.1. The van der Waals surface area contributed by atoms with E-state index >= 15 is 0 Å². The Labute approximate surface area is 195 Å². The molecule has 0 unspecified atom stereocenters. The number of thioether (sulfide) groups is 1. The summed E-state index contributed by atoms with van der Waals surface area (Å²) < 4.78 is 19.6. The van der Waals surface area contributed by atoms with Gasteiger partial charge in [0, 0.05) is 27.5 Å². The molecule has 0 aliphatic rings. The molecule has 0 aliphatic carbocycles. The summed E-state index contributed by atoms with van der Waals surface area (Å²) in [5.41, 5.74) is 4.13. The third-order valence-corrected chi connectivity index (χ3v) is 6.34. The number of ether oxygens (including phenoxy) is 1. The largest absolute Gasteiger partial charge is 0.497 e. The van der Waals surface area contributed by atoms with Crippen molar-refractivity contribution >= 4 is 23.4 Å². The second kappa shape index (κ2) is 9.86. The van der Waals surface area contributed by atoms with Crippen molar-refractivity contribution in [2.45, 2.75) is 10.8 Å². The Morgan fingerprint density at radius 1 is 1.00 bits per heavy atom. The maximum Gasteiger partial charge on any atom is 0.128 e. The number of nitriles is 1. The summed E-state index contributed by atoms with van der Waals surface area (Å²) in [6.07, 6.45) is 0. The lowest BCUT2D eigenvalue weighted by Gasteiger charge is -2.13. The maximum atomic E-state index is 14.3. The number of nitrogens with zero attached hydrogens (tertiary/aromatic N) is 2. The molecule has 1 aromatic heterocycles. The van der Waals surface area contributed by atoms with E-state index in [1.54, 1.807) is 19.2 Å². The van der Waals surface area contributed by atoms with E-state index in [1.807, 2.05) is 60.7 Å². The van der Waals surface area contributed by atoms with Gasteiger partial charge in [-0.05, 0) is 48.0 Å². The lowest BCUT2D eigenvalue weighted by atomic mass is 9.99. The molecule has 0 aliphatic heterocycles. The van der Waals surface area contributed by atoms with Gasteiger partial charge in [-0.1, -0.05) is 48.0 Å². The minimum atomic E-state index is -0.377. The fourth-order valence-corrected chi connectivity index (χ4v) is 4.65. The molecule has 0 saturated heterocycles. The molecule has 0 atom stereocenters. The van der Waals surface area contributed by atoms with Crippen LogP contribution in [0.25, 0.3) is 22.4 Å². The topological polar surface area (TPSA) is 45.9 Å². The van der Waals surface area contributed by atoms with E-state index < -0.39 is 0 Å². The van der Waals surface area contributed by atoms with Crippen molar-refractivity contribution in [3.05, 3.63) is 101 Å². The highest BCUT2D eigenvalue weighted by molar-refractivity contribution is 7.98. The Morgan fingerprint density at radius 3 is 2.41 bits per heavy atom. The number of aromatic nitrogens is 1. The van der Waals surface area contributed by atoms with E-state index in [2.05, 4.69) is 6.07 Å². The number of pyridine rings is 1. The van der Waals surface area contributed by atoms with Crippen LogP contribution in [0.5, 0.6) is 5.75 Å². The highest BCUT2D eigenvalue weighted by atomic mass is 35.5. The Balaban J connectivity index is 1.82. The Kier molecular flexibility index (Phi) is 6.75. The fourth-order valence-electron chi connectivity index (χ4n) is 3.30. The summed E-state index contributed by atoms with van der Waals surface area (Å²) in [5, 5.41) is 10.9. The van der Waals surface area contributed by atoms with E-state index in [9.17, 15) is 9.65 Å². The lowest BCUT2D eigenvalue weighted by molar-refractivity contribution is 0.415. The van der Waals surface area contributed by atoms with Crippen LogP contribution in [0.1, 0.15) is 11.1 Å². The first kappa shape index (κ1) is 21.9.